The van der Waals surface area contributed by atoms with E-state index in [1.807, 2.05) is 20.8 Å². The van der Waals surface area contributed by atoms with Gasteiger partial charge >= 0.3 is 0 Å². The minimum atomic E-state index is -3.65. The van der Waals surface area contributed by atoms with E-state index in [1.54, 1.807) is 42.5 Å². The van der Waals surface area contributed by atoms with Gasteiger partial charge in [-0.25, -0.2) is 8.42 Å². The van der Waals surface area contributed by atoms with Crippen LogP contribution in [-0.2, 0) is 26.2 Å². The zero-order valence-electron chi connectivity index (χ0n) is 22.5. The van der Waals surface area contributed by atoms with E-state index in [0.717, 1.165) is 12.7 Å². The number of halogens is 2. The highest BCUT2D eigenvalue weighted by molar-refractivity contribution is 7.92. The van der Waals surface area contributed by atoms with Crippen LogP contribution >= 0.6 is 23.2 Å². The Morgan fingerprint density at radius 2 is 1.66 bits per heavy atom. The smallest absolute Gasteiger partial charge is 0.243 e. The van der Waals surface area contributed by atoms with E-state index in [2.05, 4.69) is 5.32 Å². The molecule has 0 heterocycles. The van der Waals surface area contributed by atoms with E-state index in [-0.39, 0.29) is 43.8 Å². The van der Waals surface area contributed by atoms with Gasteiger partial charge in [-0.2, -0.15) is 0 Å². The van der Waals surface area contributed by atoms with Crippen LogP contribution in [0, 0.1) is 0 Å². The van der Waals surface area contributed by atoms with Crippen molar-refractivity contribution in [3.63, 3.8) is 0 Å². The minimum Gasteiger partial charge on any atom is -0.495 e. The first-order valence-corrected chi connectivity index (χ1v) is 15.2. The van der Waals surface area contributed by atoms with Crippen molar-refractivity contribution in [1.29, 1.82) is 0 Å². The molecule has 0 saturated carbocycles. The van der Waals surface area contributed by atoms with E-state index in [4.69, 9.17) is 27.9 Å². The van der Waals surface area contributed by atoms with Gasteiger partial charge in [0.15, 0.2) is 0 Å². The minimum absolute atomic E-state index is 0.0103. The number of benzene rings is 2. The van der Waals surface area contributed by atoms with Crippen molar-refractivity contribution in [3.05, 3.63) is 58.1 Å². The SMILES string of the molecule is CCC(C)NC(=O)C(CC)N(Cc1c(Cl)cccc1Cl)C(=O)CCCN(c1ccccc1OC)S(C)(=O)=O. The fourth-order valence-corrected chi connectivity index (χ4v) is 5.52. The van der Waals surface area contributed by atoms with Crippen LogP contribution in [0.15, 0.2) is 42.5 Å². The quantitative estimate of drug-likeness (QED) is 0.326. The summed E-state index contributed by atoms with van der Waals surface area (Å²) < 4.78 is 31.7. The first-order valence-electron chi connectivity index (χ1n) is 12.6. The zero-order valence-corrected chi connectivity index (χ0v) is 24.9. The summed E-state index contributed by atoms with van der Waals surface area (Å²) in [5.41, 5.74) is 0.940. The van der Waals surface area contributed by atoms with Crippen LogP contribution in [-0.4, -0.2) is 57.1 Å². The molecule has 0 aliphatic carbocycles. The Bertz CT molecular complexity index is 1190. The van der Waals surface area contributed by atoms with Crippen LogP contribution in [0.2, 0.25) is 10.0 Å². The van der Waals surface area contributed by atoms with Gasteiger partial charge in [0.1, 0.15) is 11.8 Å². The van der Waals surface area contributed by atoms with E-state index in [0.29, 0.717) is 33.5 Å². The number of ether oxygens (including phenoxy) is 1. The molecule has 2 atom stereocenters. The number of nitrogens with one attached hydrogen (secondary N) is 1. The number of hydrogen-bond donors (Lipinski definition) is 1. The number of methoxy groups -OCH3 is 1. The first kappa shape index (κ1) is 31.7. The van der Waals surface area contributed by atoms with Crippen molar-refractivity contribution >= 4 is 50.7 Å². The number of rotatable bonds is 14. The highest BCUT2D eigenvalue weighted by Gasteiger charge is 2.30. The van der Waals surface area contributed by atoms with Gasteiger partial charge in [-0.1, -0.05) is 55.2 Å². The monoisotopic (exact) mass is 585 g/mol. The molecule has 11 heteroatoms. The second-order valence-corrected chi connectivity index (χ2v) is 11.8. The number of anilines is 1. The van der Waals surface area contributed by atoms with Crippen molar-refractivity contribution in [2.24, 2.45) is 0 Å². The molecular weight excluding hydrogens is 549 g/mol. The molecule has 0 aromatic heterocycles. The maximum Gasteiger partial charge on any atom is 0.243 e. The van der Waals surface area contributed by atoms with E-state index >= 15 is 0 Å². The summed E-state index contributed by atoms with van der Waals surface area (Å²) in [6.45, 7) is 5.81. The van der Waals surface area contributed by atoms with E-state index in [9.17, 15) is 18.0 Å². The summed E-state index contributed by atoms with van der Waals surface area (Å²) in [4.78, 5) is 28.2. The highest BCUT2D eigenvalue weighted by atomic mass is 35.5. The van der Waals surface area contributed by atoms with E-state index in [1.165, 1.54) is 16.3 Å². The molecule has 8 nitrogen and oxygen atoms in total. The molecule has 1 N–H and O–H groups in total. The Hall–Kier alpha value is -2.49. The maximum absolute atomic E-state index is 13.6. The molecule has 2 unspecified atom stereocenters. The fraction of sp³-hybridized carbons (Fsp3) is 0.481. The molecule has 0 radical (unpaired) electrons. The Labute approximate surface area is 236 Å². The number of nitrogens with zero attached hydrogens (tertiary/aromatic N) is 2. The third kappa shape index (κ3) is 8.51. The number of carbonyl (C=O) groups excluding carboxylic acids is 2. The van der Waals surface area contributed by atoms with Gasteiger partial charge in [0, 0.05) is 41.2 Å². The summed E-state index contributed by atoms with van der Waals surface area (Å²) in [6.07, 6.45) is 2.47. The Morgan fingerprint density at radius 3 is 2.21 bits per heavy atom. The molecule has 210 valence electrons. The molecule has 0 aliphatic heterocycles. The van der Waals surface area contributed by atoms with Crippen molar-refractivity contribution in [3.8, 4) is 5.75 Å². The molecule has 0 spiro atoms. The summed E-state index contributed by atoms with van der Waals surface area (Å²) >= 11 is 12.8. The number of para-hydroxylation sites is 2. The van der Waals surface area contributed by atoms with Gasteiger partial charge in [0.05, 0.1) is 19.1 Å². The van der Waals surface area contributed by atoms with Crippen LogP contribution < -0.4 is 14.4 Å². The maximum atomic E-state index is 13.6. The molecule has 2 aromatic rings. The third-order valence-corrected chi connectivity index (χ3v) is 8.17. The normalized spacial score (nSPS) is 12.9. The lowest BCUT2D eigenvalue weighted by atomic mass is 10.1. The third-order valence-electron chi connectivity index (χ3n) is 6.28. The average Bonchev–Trinajstić information content (AvgIpc) is 2.87. The number of amides is 2. The van der Waals surface area contributed by atoms with Crippen molar-refractivity contribution in [2.75, 3.05) is 24.2 Å². The number of hydrogen-bond acceptors (Lipinski definition) is 5. The molecule has 0 fully saturated rings. The van der Waals surface area contributed by atoms with Crippen LogP contribution in [0.5, 0.6) is 5.75 Å². The lowest BCUT2D eigenvalue weighted by Crippen LogP contribution is -2.50. The number of sulfonamides is 1. The predicted molar refractivity (Wildman–Crippen MR) is 153 cm³/mol. The summed E-state index contributed by atoms with van der Waals surface area (Å²) in [5, 5.41) is 3.75. The summed E-state index contributed by atoms with van der Waals surface area (Å²) in [7, 11) is -2.18. The van der Waals surface area contributed by atoms with Crippen molar-refractivity contribution in [1.82, 2.24) is 10.2 Å². The van der Waals surface area contributed by atoms with Gasteiger partial charge in [0.25, 0.3) is 0 Å². The molecular formula is C27H37Cl2N3O5S. The van der Waals surface area contributed by atoms with Crippen molar-refractivity contribution in [2.45, 2.75) is 65.1 Å². The van der Waals surface area contributed by atoms with Crippen molar-refractivity contribution < 1.29 is 22.7 Å². The second kappa shape index (κ2) is 14.6. The standard InChI is InChI=1S/C27H37Cl2N3O5S/c1-6-19(3)30-27(34)23(7-2)31(18-20-21(28)12-10-13-22(20)29)26(33)16-11-17-32(38(5,35)36)24-14-8-9-15-25(24)37-4/h8-10,12-15,19,23H,6-7,11,16-18H2,1-5H3,(H,30,34). The van der Waals surface area contributed by atoms with Gasteiger partial charge in [-0.15, -0.1) is 0 Å². The van der Waals surface area contributed by atoms with E-state index < -0.39 is 16.1 Å². The molecule has 2 rings (SSSR count). The van der Waals surface area contributed by atoms with Gasteiger partial charge < -0.3 is 15.0 Å². The number of carbonyl (C=O) groups is 2. The Morgan fingerprint density at radius 1 is 1.03 bits per heavy atom. The molecule has 2 amide bonds. The molecule has 38 heavy (non-hydrogen) atoms. The predicted octanol–water partition coefficient (Wildman–Crippen LogP) is 5.27. The first-order chi connectivity index (χ1) is 17.9. The molecule has 0 saturated heterocycles. The lowest BCUT2D eigenvalue weighted by molar-refractivity contribution is -0.141. The van der Waals surface area contributed by atoms with Crippen LogP contribution in [0.3, 0.4) is 0 Å². The van der Waals surface area contributed by atoms with Gasteiger partial charge in [-0.3, -0.25) is 13.9 Å². The van der Waals surface area contributed by atoms with Crippen LogP contribution in [0.25, 0.3) is 0 Å². The van der Waals surface area contributed by atoms with Gasteiger partial charge in [-0.05, 0) is 50.5 Å². The molecule has 2 aromatic carbocycles. The summed E-state index contributed by atoms with van der Waals surface area (Å²) in [5.74, 6) is -0.155. The zero-order chi connectivity index (χ0) is 28.5. The molecule has 0 aliphatic rings. The Kier molecular flexibility index (Phi) is 12.2. The Balaban J connectivity index is 2.31. The second-order valence-electron chi connectivity index (χ2n) is 9.07. The fourth-order valence-electron chi connectivity index (χ4n) is 4.03. The lowest BCUT2D eigenvalue weighted by Gasteiger charge is -2.32. The topological polar surface area (TPSA) is 96.0 Å². The summed E-state index contributed by atoms with van der Waals surface area (Å²) in [6, 6.07) is 11.1. The largest absolute Gasteiger partial charge is 0.495 e. The average molecular weight is 587 g/mol. The van der Waals surface area contributed by atoms with Crippen LogP contribution in [0.1, 0.15) is 52.0 Å². The van der Waals surface area contributed by atoms with Crippen LogP contribution in [0.4, 0.5) is 5.69 Å². The molecule has 0 bridgehead atoms. The van der Waals surface area contributed by atoms with Gasteiger partial charge in [0.2, 0.25) is 21.8 Å². The highest BCUT2D eigenvalue weighted by Crippen LogP contribution is 2.30.